The molecule has 4 fully saturated rings. The summed E-state index contributed by atoms with van der Waals surface area (Å²) in [6, 6.07) is 14.2. The van der Waals surface area contributed by atoms with Crippen molar-refractivity contribution in [3.63, 3.8) is 0 Å². The topological polar surface area (TPSA) is 78.5 Å². The largest absolute Gasteiger partial charge is 0.352 e. The molecular formula is C28H33N3O3. The van der Waals surface area contributed by atoms with Crippen LogP contribution in [0.3, 0.4) is 0 Å². The average Bonchev–Trinajstić information content (AvgIpc) is 2.81. The number of amides is 3. The van der Waals surface area contributed by atoms with Crippen molar-refractivity contribution in [1.82, 2.24) is 10.2 Å². The lowest BCUT2D eigenvalue weighted by molar-refractivity contribution is -0.146. The maximum atomic E-state index is 13.2. The number of hydrogen-bond donors (Lipinski definition) is 2. The molecular weight excluding hydrogens is 426 g/mol. The maximum Gasteiger partial charge on any atom is 0.255 e. The lowest BCUT2D eigenvalue weighted by Gasteiger charge is -2.55. The lowest BCUT2D eigenvalue weighted by atomic mass is 9.49. The minimum Gasteiger partial charge on any atom is -0.352 e. The van der Waals surface area contributed by atoms with Gasteiger partial charge in [-0.1, -0.05) is 18.2 Å². The molecule has 0 saturated heterocycles. The first kappa shape index (κ1) is 22.6. The molecule has 0 atom stereocenters. The van der Waals surface area contributed by atoms with E-state index in [-0.39, 0.29) is 23.1 Å². The van der Waals surface area contributed by atoms with Gasteiger partial charge >= 0.3 is 0 Å². The van der Waals surface area contributed by atoms with E-state index in [1.807, 2.05) is 12.1 Å². The lowest BCUT2D eigenvalue weighted by Crippen LogP contribution is -2.53. The highest BCUT2D eigenvalue weighted by atomic mass is 16.2. The number of carbonyl (C=O) groups is 3. The molecule has 6 rings (SSSR count). The summed E-state index contributed by atoms with van der Waals surface area (Å²) in [7, 11) is 3.39. The van der Waals surface area contributed by atoms with Gasteiger partial charge in [0.05, 0.1) is 0 Å². The zero-order valence-corrected chi connectivity index (χ0v) is 20.0. The van der Waals surface area contributed by atoms with Gasteiger partial charge in [0.2, 0.25) is 5.91 Å². The third kappa shape index (κ3) is 4.46. The van der Waals surface area contributed by atoms with Crippen molar-refractivity contribution in [2.45, 2.75) is 45.1 Å². The summed E-state index contributed by atoms with van der Waals surface area (Å²) in [6.45, 7) is 0.483. The Bertz CT molecular complexity index is 1070. The maximum absolute atomic E-state index is 13.2. The van der Waals surface area contributed by atoms with Gasteiger partial charge in [0.1, 0.15) is 0 Å². The molecule has 4 aliphatic carbocycles. The fourth-order valence-corrected chi connectivity index (χ4v) is 6.72. The van der Waals surface area contributed by atoms with Gasteiger partial charge in [-0.25, -0.2) is 0 Å². The molecule has 2 aromatic carbocycles. The molecule has 0 aromatic heterocycles. The Morgan fingerprint density at radius 3 is 2.09 bits per heavy atom. The van der Waals surface area contributed by atoms with Crippen LogP contribution >= 0.6 is 0 Å². The molecule has 2 N–H and O–H groups in total. The van der Waals surface area contributed by atoms with E-state index in [0.717, 1.165) is 42.6 Å². The van der Waals surface area contributed by atoms with Crippen LogP contribution in [-0.4, -0.2) is 36.7 Å². The summed E-state index contributed by atoms with van der Waals surface area (Å²) in [5.74, 6) is 2.11. The minimum absolute atomic E-state index is 0.115. The summed E-state index contributed by atoms with van der Waals surface area (Å²) in [5.41, 5.74) is 2.46. The summed E-state index contributed by atoms with van der Waals surface area (Å²) >= 11 is 0. The highest BCUT2D eigenvalue weighted by Gasteiger charge is 2.54. The van der Waals surface area contributed by atoms with E-state index in [0.29, 0.717) is 23.4 Å². The summed E-state index contributed by atoms with van der Waals surface area (Å²) < 4.78 is 0. The molecule has 4 bridgehead atoms. The van der Waals surface area contributed by atoms with Crippen LogP contribution in [-0.2, 0) is 11.3 Å². The standard InChI is InChI=1S/C28H33N3O3/c1-31(2)26(33)23-4-3-5-24(13-23)30-25(32)22-8-6-18(7-9-22)17-29-27(34)28-14-19-10-20(15-28)12-21(11-19)16-28/h3-9,13,19-21H,10-12,14-17H2,1-2H3,(H,29,34)(H,30,32). The van der Waals surface area contributed by atoms with E-state index < -0.39 is 0 Å². The minimum atomic E-state index is -0.237. The zero-order chi connectivity index (χ0) is 23.9. The molecule has 0 radical (unpaired) electrons. The van der Waals surface area contributed by atoms with Gasteiger partial charge in [0.25, 0.3) is 11.8 Å². The van der Waals surface area contributed by atoms with E-state index in [1.54, 1.807) is 50.5 Å². The molecule has 0 heterocycles. The molecule has 0 aliphatic heterocycles. The number of rotatable bonds is 6. The Kier molecular flexibility index (Phi) is 5.92. The average molecular weight is 460 g/mol. The van der Waals surface area contributed by atoms with Gasteiger partial charge in [0.15, 0.2) is 0 Å². The predicted octanol–water partition coefficient (Wildman–Crippen LogP) is 4.47. The van der Waals surface area contributed by atoms with Crippen molar-refractivity contribution in [1.29, 1.82) is 0 Å². The van der Waals surface area contributed by atoms with E-state index in [9.17, 15) is 14.4 Å². The third-order valence-corrected chi connectivity index (χ3v) is 7.96. The van der Waals surface area contributed by atoms with Crippen molar-refractivity contribution in [2.24, 2.45) is 23.2 Å². The smallest absolute Gasteiger partial charge is 0.255 e. The fraction of sp³-hybridized carbons (Fsp3) is 0.464. The fourth-order valence-electron chi connectivity index (χ4n) is 6.72. The van der Waals surface area contributed by atoms with Crippen LogP contribution < -0.4 is 10.6 Å². The number of carbonyl (C=O) groups excluding carboxylic acids is 3. The third-order valence-electron chi connectivity index (χ3n) is 7.96. The van der Waals surface area contributed by atoms with Gasteiger partial charge in [-0.3, -0.25) is 14.4 Å². The van der Waals surface area contributed by atoms with E-state index in [1.165, 1.54) is 24.2 Å². The molecule has 6 nitrogen and oxygen atoms in total. The SMILES string of the molecule is CN(C)C(=O)c1cccc(NC(=O)c2ccc(CNC(=O)C34CC5CC(CC(C5)C3)C4)cc2)c1. The molecule has 0 spiro atoms. The molecule has 4 saturated carbocycles. The van der Waals surface area contributed by atoms with Crippen molar-refractivity contribution in [3.05, 3.63) is 65.2 Å². The molecule has 4 aliphatic rings. The van der Waals surface area contributed by atoms with Crippen LogP contribution in [0.4, 0.5) is 5.69 Å². The summed E-state index contributed by atoms with van der Waals surface area (Å²) in [4.78, 5) is 39.5. The Hall–Kier alpha value is -3.15. The van der Waals surface area contributed by atoms with Crippen LogP contribution in [0.25, 0.3) is 0 Å². The monoisotopic (exact) mass is 459 g/mol. The first-order chi connectivity index (χ1) is 16.3. The first-order valence-corrected chi connectivity index (χ1v) is 12.3. The Morgan fingerprint density at radius 1 is 0.882 bits per heavy atom. The van der Waals surface area contributed by atoms with E-state index in [4.69, 9.17) is 0 Å². The molecule has 34 heavy (non-hydrogen) atoms. The Labute approximate surface area is 201 Å². The highest BCUT2D eigenvalue weighted by molar-refractivity contribution is 6.05. The van der Waals surface area contributed by atoms with Gasteiger partial charge in [-0.15, -0.1) is 0 Å². The Morgan fingerprint density at radius 2 is 1.50 bits per heavy atom. The number of nitrogens with zero attached hydrogens (tertiary/aromatic N) is 1. The van der Waals surface area contributed by atoms with Gasteiger partial charge in [0, 0.05) is 42.9 Å². The molecule has 6 heteroatoms. The number of benzene rings is 2. The van der Waals surface area contributed by atoms with Crippen molar-refractivity contribution in [2.75, 3.05) is 19.4 Å². The summed E-state index contributed by atoms with van der Waals surface area (Å²) in [5, 5.41) is 6.05. The van der Waals surface area contributed by atoms with Crippen molar-refractivity contribution >= 4 is 23.4 Å². The quantitative estimate of drug-likeness (QED) is 0.669. The number of hydrogen-bond acceptors (Lipinski definition) is 3. The second kappa shape index (κ2) is 8.90. The molecule has 178 valence electrons. The molecule has 2 aromatic rings. The normalized spacial score (nSPS) is 26.7. The highest BCUT2D eigenvalue weighted by Crippen LogP contribution is 2.60. The van der Waals surface area contributed by atoms with Gasteiger partial charge < -0.3 is 15.5 Å². The summed E-state index contributed by atoms with van der Waals surface area (Å²) in [6.07, 6.45) is 7.16. The predicted molar refractivity (Wildman–Crippen MR) is 131 cm³/mol. The van der Waals surface area contributed by atoms with Crippen LogP contribution in [0, 0.1) is 23.2 Å². The number of anilines is 1. The number of nitrogens with one attached hydrogen (secondary N) is 2. The first-order valence-electron chi connectivity index (χ1n) is 12.3. The Balaban J connectivity index is 1.17. The molecule has 3 amide bonds. The van der Waals surface area contributed by atoms with Crippen LogP contribution in [0.2, 0.25) is 0 Å². The van der Waals surface area contributed by atoms with E-state index >= 15 is 0 Å². The van der Waals surface area contributed by atoms with Gasteiger partial charge in [-0.2, -0.15) is 0 Å². The van der Waals surface area contributed by atoms with Crippen molar-refractivity contribution < 1.29 is 14.4 Å². The van der Waals surface area contributed by atoms with Gasteiger partial charge in [-0.05, 0) is 92.2 Å². The second-order valence-electron chi connectivity index (χ2n) is 10.8. The zero-order valence-electron chi connectivity index (χ0n) is 20.0. The van der Waals surface area contributed by atoms with Crippen LogP contribution in [0.5, 0.6) is 0 Å². The van der Waals surface area contributed by atoms with Crippen LogP contribution in [0.15, 0.2) is 48.5 Å². The second-order valence-corrected chi connectivity index (χ2v) is 10.8. The molecule has 0 unspecified atom stereocenters. The van der Waals surface area contributed by atoms with Crippen molar-refractivity contribution in [3.8, 4) is 0 Å². The van der Waals surface area contributed by atoms with E-state index in [2.05, 4.69) is 10.6 Å². The van der Waals surface area contributed by atoms with Crippen LogP contribution in [0.1, 0.15) is 64.8 Å².